The maximum Gasteiger partial charge on any atom is 0.200 e. The molecule has 2 rings (SSSR count). The van der Waals surface area contributed by atoms with Crippen LogP contribution in [0.5, 0.6) is 5.75 Å². The Balaban J connectivity index is 2.12. The Morgan fingerprint density at radius 1 is 1.10 bits per heavy atom. The third-order valence-corrected chi connectivity index (χ3v) is 3.49. The Hall–Kier alpha value is -1.51. The molecule has 0 amide bonds. The molecule has 2 nitrogen and oxygen atoms in total. The molecule has 0 aliphatic carbocycles. The van der Waals surface area contributed by atoms with Crippen LogP contribution in [0.15, 0.2) is 36.4 Å². The summed E-state index contributed by atoms with van der Waals surface area (Å²) < 4.78 is 5.46. The largest absolute Gasteiger partial charge is 0.484 e. The van der Waals surface area contributed by atoms with Crippen LogP contribution in [0.3, 0.4) is 0 Å². The van der Waals surface area contributed by atoms with Crippen LogP contribution in [0.4, 0.5) is 0 Å². The monoisotopic (exact) mass is 308 g/mol. The second-order valence-corrected chi connectivity index (χ2v) is 5.45. The summed E-state index contributed by atoms with van der Waals surface area (Å²) in [5.74, 6) is 0.333. The SMILES string of the molecule is Cc1ccc(C)c(C(=O)COc2cc(Cl)ccc2Cl)c1. The third kappa shape index (κ3) is 3.53. The molecule has 0 bridgehead atoms. The van der Waals surface area contributed by atoms with E-state index < -0.39 is 0 Å². The topological polar surface area (TPSA) is 26.3 Å². The lowest BCUT2D eigenvalue weighted by Gasteiger charge is -2.09. The number of carbonyl (C=O) groups excluding carboxylic acids is 1. The van der Waals surface area contributed by atoms with Crippen molar-refractivity contribution in [2.75, 3.05) is 6.61 Å². The number of aryl methyl sites for hydroxylation is 2. The van der Waals surface area contributed by atoms with Gasteiger partial charge in [-0.15, -0.1) is 0 Å². The molecular formula is C16H14Cl2O2. The van der Waals surface area contributed by atoms with E-state index in [1.165, 1.54) is 0 Å². The summed E-state index contributed by atoms with van der Waals surface area (Å²) in [7, 11) is 0. The van der Waals surface area contributed by atoms with Crippen LogP contribution in [0.25, 0.3) is 0 Å². The van der Waals surface area contributed by atoms with Crippen molar-refractivity contribution in [1.82, 2.24) is 0 Å². The van der Waals surface area contributed by atoms with Crippen LogP contribution < -0.4 is 4.74 Å². The van der Waals surface area contributed by atoms with Crippen molar-refractivity contribution in [1.29, 1.82) is 0 Å². The minimum absolute atomic E-state index is 0.0651. The van der Waals surface area contributed by atoms with E-state index in [2.05, 4.69) is 0 Å². The minimum atomic E-state index is -0.0813. The Morgan fingerprint density at radius 2 is 1.85 bits per heavy atom. The molecule has 0 saturated carbocycles. The van der Waals surface area contributed by atoms with Gasteiger partial charge in [0.25, 0.3) is 0 Å². The number of rotatable bonds is 4. The summed E-state index contributed by atoms with van der Waals surface area (Å²) in [6, 6.07) is 10.7. The van der Waals surface area contributed by atoms with Crippen molar-refractivity contribution in [3.8, 4) is 5.75 Å². The average molecular weight is 309 g/mol. The van der Waals surface area contributed by atoms with E-state index in [1.54, 1.807) is 18.2 Å². The number of benzene rings is 2. The highest BCUT2D eigenvalue weighted by Gasteiger charge is 2.11. The average Bonchev–Trinajstić information content (AvgIpc) is 2.42. The zero-order chi connectivity index (χ0) is 14.7. The third-order valence-electron chi connectivity index (χ3n) is 2.95. The van der Waals surface area contributed by atoms with Crippen molar-refractivity contribution in [2.24, 2.45) is 0 Å². The van der Waals surface area contributed by atoms with Crippen molar-refractivity contribution >= 4 is 29.0 Å². The molecule has 2 aromatic rings. The summed E-state index contributed by atoms with van der Waals surface area (Å²) in [5, 5.41) is 0.951. The zero-order valence-corrected chi connectivity index (χ0v) is 12.8. The number of carbonyl (C=O) groups is 1. The Bertz CT molecular complexity index is 651. The second kappa shape index (κ2) is 6.29. The Labute approximate surface area is 128 Å². The predicted molar refractivity (Wildman–Crippen MR) is 82.2 cm³/mol. The Kier molecular flexibility index (Phi) is 4.69. The van der Waals surface area contributed by atoms with Gasteiger partial charge < -0.3 is 4.74 Å². The maximum absolute atomic E-state index is 12.2. The van der Waals surface area contributed by atoms with E-state index in [4.69, 9.17) is 27.9 Å². The highest BCUT2D eigenvalue weighted by atomic mass is 35.5. The summed E-state index contributed by atoms with van der Waals surface area (Å²) in [6.45, 7) is 3.79. The van der Waals surface area contributed by atoms with Gasteiger partial charge in [-0.2, -0.15) is 0 Å². The van der Waals surface area contributed by atoms with Gasteiger partial charge in [-0.1, -0.05) is 40.9 Å². The van der Waals surface area contributed by atoms with Crippen molar-refractivity contribution in [3.63, 3.8) is 0 Å². The fourth-order valence-electron chi connectivity index (χ4n) is 1.85. The normalized spacial score (nSPS) is 10.4. The van der Waals surface area contributed by atoms with E-state index >= 15 is 0 Å². The predicted octanol–water partition coefficient (Wildman–Crippen LogP) is 4.87. The lowest BCUT2D eigenvalue weighted by molar-refractivity contribution is 0.0921. The molecule has 2 aromatic carbocycles. The number of hydrogen-bond donors (Lipinski definition) is 0. The zero-order valence-electron chi connectivity index (χ0n) is 11.2. The van der Waals surface area contributed by atoms with Crippen molar-refractivity contribution in [3.05, 3.63) is 63.1 Å². The number of ether oxygens (including phenoxy) is 1. The van der Waals surface area contributed by atoms with Gasteiger partial charge in [0, 0.05) is 16.7 Å². The van der Waals surface area contributed by atoms with E-state index in [9.17, 15) is 4.79 Å². The van der Waals surface area contributed by atoms with Gasteiger partial charge in [0.1, 0.15) is 5.75 Å². The number of ketones is 1. The molecule has 0 saturated heterocycles. The lowest BCUT2D eigenvalue weighted by atomic mass is 10.0. The molecule has 0 aliphatic heterocycles. The summed E-state index contributed by atoms with van der Waals surface area (Å²) >= 11 is 11.9. The number of hydrogen-bond acceptors (Lipinski definition) is 2. The quantitative estimate of drug-likeness (QED) is 0.753. The van der Waals surface area contributed by atoms with Crippen LogP contribution in [0.2, 0.25) is 10.0 Å². The van der Waals surface area contributed by atoms with Gasteiger partial charge >= 0.3 is 0 Å². The molecule has 0 unspecified atom stereocenters. The van der Waals surface area contributed by atoms with Crippen LogP contribution in [-0.2, 0) is 0 Å². The summed E-state index contributed by atoms with van der Waals surface area (Å²) in [4.78, 5) is 12.2. The van der Waals surface area contributed by atoms with E-state index in [1.807, 2.05) is 32.0 Å². The van der Waals surface area contributed by atoms with Gasteiger partial charge in [-0.25, -0.2) is 0 Å². The first-order valence-corrected chi connectivity index (χ1v) is 6.91. The van der Waals surface area contributed by atoms with Gasteiger partial charge in [0.15, 0.2) is 12.4 Å². The minimum Gasteiger partial charge on any atom is -0.484 e. The summed E-state index contributed by atoms with van der Waals surface area (Å²) in [6.07, 6.45) is 0. The molecule has 0 aromatic heterocycles. The highest BCUT2D eigenvalue weighted by molar-refractivity contribution is 6.34. The molecule has 20 heavy (non-hydrogen) atoms. The van der Waals surface area contributed by atoms with Gasteiger partial charge in [-0.05, 0) is 37.6 Å². The molecule has 0 spiro atoms. The number of Topliss-reactive ketones (excluding diaryl/α,β-unsaturated/α-hetero) is 1. The molecular weight excluding hydrogens is 295 g/mol. The lowest BCUT2D eigenvalue weighted by Crippen LogP contribution is -2.13. The first-order valence-electron chi connectivity index (χ1n) is 6.15. The van der Waals surface area contributed by atoms with Crippen LogP contribution >= 0.6 is 23.2 Å². The van der Waals surface area contributed by atoms with E-state index in [0.717, 1.165) is 11.1 Å². The fraction of sp³-hybridized carbons (Fsp3) is 0.188. The molecule has 0 heterocycles. The molecule has 0 radical (unpaired) electrons. The summed E-state index contributed by atoms with van der Waals surface area (Å²) in [5.41, 5.74) is 2.64. The van der Waals surface area contributed by atoms with E-state index in [0.29, 0.717) is 21.4 Å². The second-order valence-electron chi connectivity index (χ2n) is 4.60. The fourth-order valence-corrected chi connectivity index (χ4v) is 2.18. The number of halogens is 2. The maximum atomic E-state index is 12.2. The smallest absolute Gasteiger partial charge is 0.200 e. The Morgan fingerprint density at radius 3 is 2.60 bits per heavy atom. The molecule has 0 fully saturated rings. The van der Waals surface area contributed by atoms with E-state index in [-0.39, 0.29) is 12.4 Å². The van der Waals surface area contributed by atoms with Gasteiger partial charge in [-0.3, -0.25) is 4.79 Å². The van der Waals surface area contributed by atoms with Gasteiger partial charge in [0.2, 0.25) is 0 Å². The van der Waals surface area contributed by atoms with Gasteiger partial charge in [0.05, 0.1) is 5.02 Å². The molecule has 0 N–H and O–H groups in total. The molecule has 0 aliphatic rings. The first-order chi connectivity index (χ1) is 9.47. The van der Waals surface area contributed by atoms with Crippen molar-refractivity contribution in [2.45, 2.75) is 13.8 Å². The van der Waals surface area contributed by atoms with Crippen LogP contribution in [-0.4, -0.2) is 12.4 Å². The first kappa shape index (κ1) is 14.9. The molecule has 104 valence electrons. The molecule has 4 heteroatoms. The van der Waals surface area contributed by atoms with Crippen molar-refractivity contribution < 1.29 is 9.53 Å². The van der Waals surface area contributed by atoms with Crippen LogP contribution in [0, 0.1) is 13.8 Å². The molecule has 0 atom stereocenters. The highest BCUT2D eigenvalue weighted by Crippen LogP contribution is 2.27. The van der Waals surface area contributed by atoms with Crippen LogP contribution in [0.1, 0.15) is 21.5 Å². The standard InChI is InChI=1S/C16H14Cl2O2/c1-10-3-4-11(2)13(7-10)15(19)9-20-16-8-12(17)5-6-14(16)18/h3-8H,9H2,1-2H3.